The molecular formula is C28H30N2O7. The number of nitrogens with zero attached hydrogens (tertiary/aromatic N) is 1. The van der Waals surface area contributed by atoms with Crippen molar-refractivity contribution < 1.29 is 33.3 Å². The standard InChI is InChI=1S/C28H30N2O7/c1-33-20-12-19(13-21(14-20)34-2)29-26(31)15-23(30-16-17-8-6-7-9-22(17)28(30)32)18-10-24(35-3)27(37-5)25(11-18)36-4/h6-14,23H,15-16H2,1-5H3,(H,29,31)/t23-/m1/s1. The van der Waals surface area contributed by atoms with Crippen LogP contribution in [0, 0.1) is 0 Å². The normalized spacial score (nSPS) is 13.0. The smallest absolute Gasteiger partial charge is 0.255 e. The highest BCUT2D eigenvalue weighted by Gasteiger charge is 2.35. The minimum atomic E-state index is -0.610. The molecule has 0 aromatic heterocycles. The first kappa shape index (κ1) is 25.7. The van der Waals surface area contributed by atoms with Crippen molar-refractivity contribution in [1.29, 1.82) is 0 Å². The number of rotatable bonds is 10. The van der Waals surface area contributed by atoms with E-state index in [2.05, 4.69) is 5.32 Å². The van der Waals surface area contributed by atoms with Crippen molar-refractivity contribution in [1.82, 2.24) is 4.90 Å². The van der Waals surface area contributed by atoms with Crippen LogP contribution in [0.3, 0.4) is 0 Å². The van der Waals surface area contributed by atoms with Gasteiger partial charge >= 0.3 is 0 Å². The van der Waals surface area contributed by atoms with E-state index in [1.807, 2.05) is 18.2 Å². The van der Waals surface area contributed by atoms with Crippen molar-refractivity contribution in [2.75, 3.05) is 40.9 Å². The molecule has 0 unspecified atom stereocenters. The number of anilines is 1. The zero-order chi connectivity index (χ0) is 26.5. The Kier molecular flexibility index (Phi) is 7.71. The lowest BCUT2D eigenvalue weighted by atomic mass is 10.00. The van der Waals surface area contributed by atoms with Gasteiger partial charge in [-0.15, -0.1) is 0 Å². The molecule has 1 aliphatic heterocycles. The Morgan fingerprint density at radius 2 is 1.49 bits per heavy atom. The maximum absolute atomic E-state index is 13.4. The summed E-state index contributed by atoms with van der Waals surface area (Å²) in [5.74, 6) is 1.94. The van der Waals surface area contributed by atoms with Crippen molar-refractivity contribution in [2.45, 2.75) is 19.0 Å². The van der Waals surface area contributed by atoms with E-state index in [0.29, 0.717) is 52.1 Å². The number of nitrogens with one attached hydrogen (secondary N) is 1. The number of hydrogen-bond donors (Lipinski definition) is 1. The van der Waals surface area contributed by atoms with Gasteiger partial charge in [0.05, 0.1) is 48.0 Å². The molecule has 0 bridgehead atoms. The van der Waals surface area contributed by atoms with Gasteiger partial charge in [-0.1, -0.05) is 18.2 Å². The Labute approximate surface area is 215 Å². The number of methoxy groups -OCH3 is 5. The second kappa shape index (κ2) is 11.1. The van der Waals surface area contributed by atoms with Gasteiger partial charge in [0.15, 0.2) is 11.5 Å². The summed E-state index contributed by atoms with van der Waals surface area (Å²) < 4.78 is 27.2. The lowest BCUT2D eigenvalue weighted by Crippen LogP contribution is -2.32. The van der Waals surface area contributed by atoms with Gasteiger partial charge in [-0.25, -0.2) is 0 Å². The second-order valence-corrected chi connectivity index (χ2v) is 8.42. The molecule has 0 spiro atoms. The van der Waals surface area contributed by atoms with Gasteiger partial charge in [-0.2, -0.15) is 0 Å². The lowest BCUT2D eigenvalue weighted by Gasteiger charge is -2.29. The third-order valence-electron chi connectivity index (χ3n) is 6.31. The molecule has 9 nitrogen and oxygen atoms in total. The fourth-order valence-corrected chi connectivity index (χ4v) is 4.50. The van der Waals surface area contributed by atoms with Gasteiger partial charge in [-0.05, 0) is 29.3 Å². The van der Waals surface area contributed by atoms with Crippen molar-refractivity contribution >= 4 is 17.5 Å². The molecule has 4 rings (SSSR count). The first-order chi connectivity index (χ1) is 17.9. The number of hydrogen-bond acceptors (Lipinski definition) is 7. The van der Waals surface area contributed by atoms with Crippen molar-refractivity contribution in [2.24, 2.45) is 0 Å². The summed E-state index contributed by atoms with van der Waals surface area (Å²) in [6.07, 6.45) is -0.0160. The van der Waals surface area contributed by atoms with E-state index >= 15 is 0 Å². The van der Waals surface area contributed by atoms with Crippen molar-refractivity contribution in [3.8, 4) is 28.7 Å². The lowest BCUT2D eigenvalue weighted by molar-refractivity contribution is -0.117. The third kappa shape index (κ3) is 5.25. The summed E-state index contributed by atoms with van der Waals surface area (Å²) in [5.41, 5.74) is 2.72. The summed E-state index contributed by atoms with van der Waals surface area (Å²) in [6, 6.07) is 15.5. The van der Waals surface area contributed by atoms with Crippen molar-refractivity contribution in [3.05, 3.63) is 71.3 Å². The molecule has 0 saturated carbocycles. The van der Waals surface area contributed by atoms with Crippen molar-refractivity contribution in [3.63, 3.8) is 0 Å². The molecule has 194 valence electrons. The Morgan fingerprint density at radius 3 is 2.03 bits per heavy atom. The number of amides is 2. The fourth-order valence-electron chi connectivity index (χ4n) is 4.50. The first-order valence-electron chi connectivity index (χ1n) is 11.6. The number of ether oxygens (including phenoxy) is 5. The van der Waals surface area contributed by atoms with E-state index in [0.717, 1.165) is 5.56 Å². The minimum absolute atomic E-state index is 0.0160. The second-order valence-electron chi connectivity index (χ2n) is 8.42. The molecule has 0 aliphatic carbocycles. The van der Waals surface area contributed by atoms with Crippen LogP contribution in [0.15, 0.2) is 54.6 Å². The zero-order valence-electron chi connectivity index (χ0n) is 21.5. The maximum atomic E-state index is 13.4. The predicted octanol–water partition coefficient (Wildman–Crippen LogP) is 4.46. The summed E-state index contributed by atoms with van der Waals surface area (Å²) in [5, 5.41) is 2.91. The van der Waals surface area contributed by atoms with Gasteiger partial charge in [0.1, 0.15) is 11.5 Å². The van der Waals surface area contributed by atoms with E-state index in [9.17, 15) is 9.59 Å². The molecule has 1 N–H and O–H groups in total. The Bertz CT molecular complexity index is 1260. The molecule has 0 radical (unpaired) electrons. The van der Waals surface area contributed by atoms with Crippen LogP contribution in [0.5, 0.6) is 28.7 Å². The van der Waals surface area contributed by atoms with Gasteiger partial charge in [0.2, 0.25) is 11.7 Å². The van der Waals surface area contributed by atoms with Crippen LogP contribution in [-0.4, -0.2) is 52.3 Å². The van der Waals surface area contributed by atoms with E-state index in [1.165, 1.54) is 35.5 Å². The molecule has 1 aliphatic rings. The Balaban J connectivity index is 1.71. The van der Waals surface area contributed by atoms with Gasteiger partial charge in [0.25, 0.3) is 5.91 Å². The molecule has 3 aromatic carbocycles. The highest BCUT2D eigenvalue weighted by atomic mass is 16.5. The summed E-state index contributed by atoms with van der Waals surface area (Å²) in [7, 11) is 7.65. The molecule has 0 fully saturated rings. The number of fused-ring (bicyclic) bond motifs is 1. The molecule has 1 atom stereocenters. The molecule has 1 heterocycles. The van der Waals surface area contributed by atoms with Gasteiger partial charge < -0.3 is 33.9 Å². The Hall–Kier alpha value is -4.40. The SMILES string of the molecule is COc1cc(NC(=O)C[C@H](c2cc(OC)c(OC)c(OC)c2)N2Cc3ccccc3C2=O)cc(OC)c1. The summed E-state index contributed by atoms with van der Waals surface area (Å²) >= 11 is 0. The zero-order valence-corrected chi connectivity index (χ0v) is 21.5. The van der Waals surface area contributed by atoms with Gasteiger partial charge in [-0.3, -0.25) is 9.59 Å². The summed E-state index contributed by atoms with van der Waals surface area (Å²) in [6.45, 7) is 0.372. The van der Waals surface area contributed by atoms with Crippen LogP contribution < -0.4 is 29.0 Å². The van der Waals surface area contributed by atoms with Crippen LogP contribution >= 0.6 is 0 Å². The molecule has 0 saturated heterocycles. The largest absolute Gasteiger partial charge is 0.497 e. The maximum Gasteiger partial charge on any atom is 0.255 e. The fraction of sp³-hybridized carbons (Fsp3) is 0.286. The number of benzene rings is 3. The van der Waals surface area contributed by atoms with Crippen LogP contribution in [-0.2, 0) is 11.3 Å². The minimum Gasteiger partial charge on any atom is -0.497 e. The van der Waals surface area contributed by atoms with Crippen LogP contribution in [0.1, 0.15) is 33.9 Å². The van der Waals surface area contributed by atoms with Crippen LogP contribution in [0.4, 0.5) is 5.69 Å². The highest BCUT2D eigenvalue weighted by molar-refractivity contribution is 5.99. The first-order valence-corrected chi connectivity index (χ1v) is 11.6. The predicted molar refractivity (Wildman–Crippen MR) is 138 cm³/mol. The third-order valence-corrected chi connectivity index (χ3v) is 6.31. The van der Waals surface area contributed by atoms with E-state index in [1.54, 1.807) is 41.3 Å². The van der Waals surface area contributed by atoms with Crippen LogP contribution in [0.2, 0.25) is 0 Å². The van der Waals surface area contributed by atoms with E-state index < -0.39 is 6.04 Å². The molecule has 9 heteroatoms. The molecule has 2 amide bonds. The molecular weight excluding hydrogens is 476 g/mol. The number of carbonyl (C=O) groups excluding carboxylic acids is 2. The number of carbonyl (C=O) groups is 2. The average molecular weight is 507 g/mol. The topological polar surface area (TPSA) is 95.6 Å². The van der Waals surface area contributed by atoms with E-state index in [4.69, 9.17) is 23.7 Å². The highest BCUT2D eigenvalue weighted by Crippen LogP contribution is 2.43. The quantitative estimate of drug-likeness (QED) is 0.434. The average Bonchev–Trinajstić information content (AvgIpc) is 3.26. The van der Waals surface area contributed by atoms with Gasteiger partial charge in [0, 0.05) is 36.0 Å². The molecule has 37 heavy (non-hydrogen) atoms. The summed E-state index contributed by atoms with van der Waals surface area (Å²) in [4.78, 5) is 28.5. The monoisotopic (exact) mass is 506 g/mol. The Morgan fingerprint density at radius 1 is 0.865 bits per heavy atom. The van der Waals surface area contributed by atoms with Crippen LogP contribution in [0.25, 0.3) is 0 Å². The molecule has 3 aromatic rings. The van der Waals surface area contributed by atoms with E-state index in [-0.39, 0.29) is 18.2 Å².